The van der Waals surface area contributed by atoms with Crippen molar-refractivity contribution in [1.29, 1.82) is 0 Å². The van der Waals surface area contributed by atoms with E-state index in [0.29, 0.717) is 6.07 Å². The van der Waals surface area contributed by atoms with Crippen molar-refractivity contribution in [2.75, 3.05) is 14.2 Å². The zero-order chi connectivity index (χ0) is 13.9. The van der Waals surface area contributed by atoms with Gasteiger partial charge in [0.1, 0.15) is 5.56 Å². The molecule has 0 bridgehead atoms. The molecule has 9 heteroatoms. The molecule has 1 heterocycles. The fraction of sp³-hybridized carbons (Fsp3) is 0.333. The lowest BCUT2D eigenvalue weighted by Crippen LogP contribution is -2.12. The van der Waals surface area contributed by atoms with Crippen molar-refractivity contribution in [2.24, 2.45) is 0 Å². The fourth-order valence-corrected chi connectivity index (χ4v) is 1.24. The van der Waals surface area contributed by atoms with Crippen molar-refractivity contribution >= 4 is 11.7 Å². The van der Waals surface area contributed by atoms with E-state index in [1.54, 1.807) is 0 Å². The Balaban J connectivity index is 3.60. The van der Waals surface area contributed by atoms with Gasteiger partial charge in [0, 0.05) is 0 Å². The zero-order valence-electron chi connectivity index (χ0n) is 9.35. The summed E-state index contributed by atoms with van der Waals surface area (Å²) in [4.78, 5) is 24.4. The average molecular weight is 262 g/mol. The maximum Gasteiger partial charge on any atom is 0.357 e. The first-order valence-corrected chi connectivity index (χ1v) is 4.52. The monoisotopic (exact) mass is 262 g/mol. The van der Waals surface area contributed by atoms with E-state index in [4.69, 9.17) is 0 Å². The molecule has 1 rings (SSSR count). The van der Waals surface area contributed by atoms with Gasteiger partial charge in [-0.05, 0) is 0 Å². The van der Waals surface area contributed by atoms with Crippen molar-refractivity contribution in [3.05, 3.63) is 27.4 Å². The van der Waals surface area contributed by atoms with E-state index in [1.807, 2.05) is 0 Å². The second-order valence-electron chi connectivity index (χ2n) is 3.00. The minimum Gasteiger partial charge on any atom is -0.481 e. The molecule has 0 aliphatic carbocycles. The number of ether oxygens (including phenoxy) is 2. The molecule has 0 saturated carbocycles. The predicted octanol–water partition coefficient (Wildman–Crippen LogP) is 1.72. The SMILES string of the molecule is COC(=O)c1nc(OC)cc([N+](=O)[O-])c1C(F)F. The number of nitro groups is 1. The molecule has 0 spiro atoms. The maximum absolute atomic E-state index is 12.8. The van der Waals surface area contributed by atoms with Gasteiger partial charge in [0.05, 0.1) is 25.2 Å². The average Bonchev–Trinajstić information content (AvgIpc) is 2.35. The molecule has 0 aliphatic heterocycles. The first-order valence-electron chi connectivity index (χ1n) is 4.52. The van der Waals surface area contributed by atoms with Gasteiger partial charge in [-0.1, -0.05) is 0 Å². The first-order chi connectivity index (χ1) is 8.42. The molecule has 0 unspecified atom stereocenters. The van der Waals surface area contributed by atoms with Gasteiger partial charge in [-0.15, -0.1) is 0 Å². The second kappa shape index (κ2) is 5.34. The van der Waals surface area contributed by atoms with Crippen molar-refractivity contribution in [3.8, 4) is 5.88 Å². The molecule has 0 aromatic carbocycles. The molecular formula is C9H8F2N2O5. The molecule has 0 aliphatic rings. The van der Waals surface area contributed by atoms with Crippen molar-refractivity contribution in [2.45, 2.75) is 6.43 Å². The zero-order valence-corrected chi connectivity index (χ0v) is 9.35. The third kappa shape index (κ3) is 2.50. The summed E-state index contributed by atoms with van der Waals surface area (Å²) in [6.07, 6.45) is -3.24. The van der Waals surface area contributed by atoms with Crippen LogP contribution in [0.2, 0.25) is 0 Å². The highest BCUT2D eigenvalue weighted by Gasteiger charge is 2.32. The van der Waals surface area contributed by atoms with E-state index >= 15 is 0 Å². The van der Waals surface area contributed by atoms with Gasteiger partial charge in [0.25, 0.3) is 12.1 Å². The van der Waals surface area contributed by atoms with Crippen LogP contribution in [0.1, 0.15) is 22.5 Å². The highest BCUT2D eigenvalue weighted by atomic mass is 19.3. The highest BCUT2D eigenvalue weighted by Crippen LogP contribution is 2.34. The number of alkyl halides is 2. The standard InChI is InChI=1S/C9H8F2N2O5/c1-17-5-3-4(13(15)16)6(8(10)11)7(12-5)9(14)18-2/h3,8H,1-2H3. The van der Waals surface area contributed by atoms with E-state index in [-0.39, 0.29) is 5.88 Å². The quantitative estimate of drug-likeness (QED) is 0.466. The van der Waals surface area contributed by atoms with E-state index in [2.05, 4.69) is 14.5 Å². The normalized spacial score (nSPS) is 10.3. The molecular weight excluding hydrogens is 254 g/mol. The number of methoxy groups -OCH3 is 2. The third-order valence-corrected chi connectivity index (χ3v) is 2.02. The number of carbonyl (C=O) groups is 1. The Bertz CT molecular complexity index is 492. The number of carbonyl (C=O) groups excluding carboxylic acids is 1. The maximum atomic E-state index is 12.8. The number of hydrogen-bond acceptors (Lipinski definition) is 6. The largest absolute Gasteiger partial charge is 0.481 e. The molecule has 0 N–H and O–H groups in total. The van der Waals surface area contributed by atoms with Crippen LogP contribution >= 0.6 is 0 Å². The molecule has 1 aromatic heterocycles. The number of nitrogens with zero attached hydrogens (tertiary/aromatic N) is 2. The van der Waals surface area contributed by atoms with Crippen LogP contribution in [-0.4, -0.2) is 30.1 Å². The molecule has 0 radical (unpaired) electrons. The summed E-state index contributed by atoms with van der Waals surface area (Å²) in [5.41, 5.74) is -2.87. The smallest absolute Gasteiger partial charge is 0.357 e. The summed E-state index contributed by atoms with van der Waals surface area (Å²) in [6.45, 7) is 0. The molecule has 98 valence electrons. The van der Waals surface area contributed by atoms with Crippen LogP contribution in [0.15, 0.2) is 6.07 Å². The lowest BCUT2D eigenvalue weighted by Gasteiger charge is -2.08. The Labute approximate surface area is 99.5 Å². The summed E-state index contributed by atoms with van der Waals surface area (Å²) < 4.78 is 34.4. The van der Waals surface area contributed by atoms with Crippen LogP contribution in [0.4, 0.5) is 14.5 Å². The van der Waals surface area contributed by atoms with Gasteiger partial charge in [-0.25, -0.2) is 18.6 Å². The number of halogens is 2. The molecule has 0 fully saturated rings. The minimum atomic E-state index is -3.24. The summed E-state index contributed by atoms with van der Waals surface area (Å²) in [6, 6.07) is 0.716. The van der Waals surface area contributed by atoms with E-state index < -0.39 is 34.3 Å². The van der Waals surface area contributed by atoms with Crippen molar-refractivity contribution in [3.63, 3.8) is 0 Å². The fourth-order valence-electron chi connectivity index (χ4n) is 1.24. The van der Waals surface area contributed by atoms with Gasteiger partial charge in [-0.2, -0.15) is 0 Å². The van der Waals surface area contributed by atoms with Crippen LogP contribution in [0.25, 0.3) is 0 Å². The minimum absolute atomic E-state index is 0.327. The lowest BCUT2D eigenvalue weighted by molar-refractivity contribution is -0.386. The molecule has 0 atom stereocenters. The number of esters is 1. The summed E-state index contributed by atoms with van der Waals surface area (Å²) in [5, 5.41) is 10.7. The second-order valence-corrected chi connectivity index (χ2v) is 3.00. The summed E-state index contributed by atoms with van der Waals surface area (Å²) in [5.74, 6) is -1.53. The predicted molar refractivity (Wildman–Crippen MR) is 53.7 cm³/mol. The van der Waals surface area contributed by atoms with Crippen molar-refractivity contribution < 1.29 is 28.0 Å². The molecule has 0 amide bonds. The Hall–Kier alpha value is -2.32. The van der Waals surface area contributed by atoms with Crippen LogP contribution in [0.5, 0.6) is 5.88 Å². The van der Waals surface area contributed by atoms with Crippen LogP contribution in [-0.2, 0) is 4.74 Å². The van der Waals surface area contributed by atoms with E-state index in [0.717, 1.165) is 14.2 Å². The Morgan fingerprint density at radius 1 is 1.50 bits per heavy atom. The highest BCUT2D eigenvalue weighted by molar-refractivity contribution is 5.90. The lowest BCUT2D eigenvalue weighted by atomic mass is 10.1. The van der Waals surface area contributed by atoms with Crippen LogP contribution in [0.3, 0.4) is 0 Å². The van der Waals surface area contributed by atoms with E-state index in [9.17, 15) is 23.7 Å². The summed E-state index contributed by atoms with van der Waals surface area (Å²) in [7, 11) is 2.08. The molecule has 7 nitrogen and oxygen atoms in total. The molecule has 1 aromatic rings. The van der Waals surface area contributed by atoms with Gasteiger partial charge >= 0.3 is 5.97 Å². The van der Waals surface area contributed by atoms with Gasteiger partial charge in [0.15, 0.2) is 5.69 Å². The number of aromatic nitrogens is 1. The molecule has 0 saturated heterocycles. The molecule has 18 heavy (non-hydrogen) atoms. The number of rotatable bonds is 4. The summed E-state index contributed by atoms with van der Waals surface area (Å²) >= 11 is 0. The first kappa shape index (κ1) is 13.7. The third-order valence-electron chi connectivity index (χ3n) is 2.02. The van der Waals surface area contributed by atoms with Gasteiger partial charge in [-0.3, -0.25) is 10.1 Å². The Morgan fingerprint density at radius 2 is 2.11 bits per heavy atom. The van der Waals surface area contributed by atoms with Crippen molar-refractivity contribution in [1.82, 2.24) is 4.98 Å². The number of pyridine rings is 1. The Morgan fingerprint density at radius 3 is 2.50 bits per heavy atom. The topological polar surface area (TPSA) is 91.6 Å². The Kier molecular flexibility index (Phi) is 4.08. The van der Waals surface area contributed by atoms with Crippen LogP contribution < -0.4 is 4.74 Å². The number of hydrogen-bond donors (Lipinski definition) is 0. The van der Waals surface area contributed by atoms with Gasteiger partial charge in [0.2, 0.25) is 5.88 Å². The van der Waals surface area contributed by atoms with Gasteiger partial charge < -0.3 is 9.47 Å². The van der Waals surface area contributed by atoms with E-state index in [1.165, 1.54) is 0 Å². The van der Waals surface area contributed by atoms with Crippen LogP contribution in [0, 0.1) is 10.1 Å².